The van der Waals surface area contributed by atoms with Crippen LogP contribution in [0, 0.1) is 0 Å². The molecular weight excluding hydrogens is 238 g/mol. The lowest BCUT2D eigenvalue weighted by Gasteiger charge is -2.26. The van der Waals surface area contributed by atoms with E-state index in [2.05, 4.69) is 41.4 Å². The molecule has 2 atom stereocenters. The van der Waals surface area contributed by atoms with Gasteiger partial charge >= 0.3 is 0 Å². The van der Waals surface area contributed by atoms with Crippen LogP contribution in [0.15, 0.2) is 24.3 Å². The lowest BCUT2D eigenvalue weighted by atomic mass is 10.1. The standard InChI is InChI=1S/C15H23N3O/c1-3-17-13(15(16)19)8-9-18-11(2)10-12-6-4-5-7-14(12)18/h4-7,11,13,17H,3,8-10H2,1-2H3,(H2,16,19). The highest BCUT2D eigenvalue weighted by molar-refractivity contribution is 5.79. The summed E-state index contributed by atoms with van der Waals surface area (Å²) in [5.41, 5.74) is 8.11. The number of para-hydroxylation sites is 1. The third-order valence-electron chi connectivity index (χ3n) is 3.80. The Balaban J connectivity index is 2.01. The number of carbonyl (C=O) groups excluding carboxylic acids is 1. The Kier molecular flexibility index (Phi) is 4.43. The van der Waals surface area contributed by atoms with Crippen molar-refractivity contribution in [2.24, 2.45) is 5.73 Å². The van der Waals surface area contributed by atoms with E-state index in [9.17, 15) is 4.79 Å². The van der Waals surface area contributed by atoms with E-state index in [1.54, 1.807) is 0 Å². The summed E-state index contributed by atoms with van der Waals surface area (Å²) in [7, 11) is 0. The van der Waals surface area contributed by atoms with Crippen molar-refractivity contribution in [3.63, 3.8) is 0 Å². The minimum absolute atomic E-state index is 0.232. The molecule has 0 bridgehead atoms. The van der Waals surface area contributed by atoms with E-state index >= 15 is 0 Å². The molecule has 0 spiro atoms. The van der Waals surface area contributed by atoms with Crippen LogP contribution < -0.4 is 16.0 Å². The van der Waals surface area contributed by atoms with Gasteiger partial charge in [-0.15, -0.1) is 0 Å². The molecule has 4 heteroatoms. The van der Waals surface area contributed by atoms with Crippen LogP contribution in [0.25, 0.3) is 0 Å². The molecule has 1 amide bonds. The molecule has 104 valence electrons. The third kappa shape index (κ3) is 3.07. The summed E-state index contributed by atoms with van der Waals surface area (Å²) >= 11 is 0. The summed E-state index contributed by atoms with van der Waals surface area (Å²) in [6.07, 6.45) is 1.83. The van der Waals surface area contributed by atoms with Crippen LogP contribution in [0.2, 0.25) is 0 Å². The molecule has 19 heavy (non-hydrogen) atoms. The fraction of sp³-hybridized carbons (Fsp3) is 0.533. The number of rotatable bonds is 6. The van der Waals surface area contributed by atoms with E-state index in [0.29, 0.717) is 6.04 Å². The molecule has 1 aromatic carbocycles. The first-order valence-electron chi connectivity index (χ1n) is 7.00. The molecule has 0 aromatic heterocycles. The molecule has 1 aliphatic heterocycles. The Labute approximate surface area is 115 Å². The van der Waals surface area contributed by atoms with Gasteiger partial charge < -0.3 is 16.0 Å². The Morgan fingerprint density at radius 2 is 2.26 bits per heavy atom. The van der Waals surface area contributed by atoms with Gasteiger partial charge in [0.1, 0.15) is 0 Å². The number of fused-ring (bicyclic) bond motifs is 1. The van der Waals surface area contributed by atoms with Crippen LogP contribution in [0.3, 0.4) is 0 Å². The molecule has 0 fully saturated rings. The van der Waals surface area contributed by atoms with Gasteiger partial charge in [0, 0.05) is 18.3 Å². The Hall–Kier alpha value is -1.55. The molecule has 0 saturated heterocycles. The smallest absolute Gasteiger partial charge is 0.234 e. The number of hydrogen-bond donors (Lipinski definition) is 2. The molecule has 0 saturated carbocycles. The predicted octanol–water partition coefficient (Wildman–Crippen LogP) is 1.29. The topological polar surface area (TPSA) is 58.4 Å². The van der Waals surface area contributed by atoms with E-state index in [0.717, 1.165) is 25.9 Å². The van der Waals surface area contributed by atoms with Gasteiger partial charge in [-0.3, -0.25) is 4.79 Å². The maximum atomic E-state index is 11.4. The largest absolute Gasteiger partial charge is 0.368 e. The monoisotopic (exact) mass is 261 g/mol. The van der Waals surface area contributed by atoms with E-state index in [4.69, 9.17) is 5.73 Å². The van der Waals surface area contributed by atoms with Gasteiger partial charge in [-0.1, -0.05) is 25.1 Å². The summed E-state index contributed by atoms with van der Waals surface area (Å²) in [5.74, 6) is -0.262. The number of anilines is 1. The van der Waals surface area contributed by atoms with Crippen molar-refractivity contribution in [1.82, 2.24) is 5.32 Å². The molecular formula is C15H23N3O. The van der Waals surface area contributed by atoms with Gasteiger partial charge in [0.05, 0.1) is 6.04 Å². The number of amides is 1. The van der Waals surface area contributed by atoms with E-state index in [-0.39, 0.29) is 11.9 Å². The summed E-state index contributed by atoms with van der Waals surface area (Å²) in [6.45, 7) is 5.84. The zero-order chi connectivity index (χ0) is 13.8. The Morgan fingerprint density at radius 3 is 2.95 bits per heavy atom. The summed E-state index contributed by atoms with van der Waals surface area (Å²) < 4.78 is 0. The normalized spacial score (nSPS) is 19.3. The minimum atomic E-state index is -0.262. The summed E-state index contributed by atoms with van der Waals surface area (Å²) in [5, 5.41) is 3.14. The first-order valence-corrected chi connectivity index (χ1v) is 7.00. The Bertz CT molecular complexity index is 447. The second-order valence-corrected chi connectivity index (χ2v) is 5.18. The number of carbonyl (C=O) groups is 1. The van der Waals surface area contributed by atoms with Crippen LogP contribution in [-0.2, 0) is 11.2 Å². The molecule has 1 aliphatic rings. The number of nitrogens with zero attached hydrogens (tertiary/aromatic N) is 1. The number of nitrogens with one attached hydrogen (secondary N) is 1. The SMILES string of the molecule is CCNC(CCN1c2ccccc2CC1C)C(N)=O. The van der Waals surface area contributed by atoms with Crippen molar-refractivity contribution in [1.29, 1.82) is 0 Å². The molecule has 2 rings (SSSR count). The van der Waals surface area contributed by atoms with Crippen molar-refractivity contribution < 1.29 is 4.79 Å². The van der Waals surface area contributed by atoms with Gasteiger partial charge in [0.2, 0.25) is 5.91 Å². The number of primary amides is 1. The Morgan fingerprint density at radius 1 is 1.53 bits per heavy atom. The van der Waals surface area contributed by atoms with Crippen LogP contribution in [-0.4, -0.2) is 31.1 Å². The van der Waals surface area contributed by atoms with Gasteiger partial charge in [0.15, 0.2) is 0 Å². The van der Waals surface area contributed by atoms with Crippen LogP contribution in [0.4, 0.5) is 5.69 Å². The molecule has 0 aliphatic carbocycles. The van der Waals surface area contributed by atoms with Gasteiger partial charge in [-0.2, -0.15) is 0 Å². The molecule has 4 nitrogen and oxygen atoms in total. The fourth-order valence-corrected chi connectivity index (χ4v) is 2.83. The highest BCUT2D eigenvalue weighted by atomic mass is 16.1. The van der Waals surface area contributed by atoms with Crippen molar-refractivity contribution in [3.05, 3.63) is 29.8 Å². The molecule has 3 N–H and O–H groups in total. The number of nitrogens with two attached hydrogens (primary N) is 1. The van der Waals surface area contributed by atoms with Crippen LogP contribution in [0.5, 0.6) is 0 Å². The lowest BCUT2D eigenvalue weighted by molar-refractivity contribution is -0.120. The minimum Gasteiger partial charge on any atom is -0.368 e. The van der Waals surface area contributed by atoms with Crippen LogP contribution in [0.1, 0.15) is 25.8 Å². The zero-order valence-corrected chi connectivity index (χ0v) is 11.7. The second kappa shape index (κ2) is 6.06. The second-order valence-electron chi connectivity index (χ2n) is 5.18. The van der Waals surface area contributed by atoms with Crippen molar-refractivity contribution >= 4 is 11.6 Å². The third-order valence-corrected chi connectivity index (χ3v) is 3.80. The predicted molar refractivity (Wildman–Crippen MR) is 78.2 cm³/mol. The quantitative estimate of drug-likeness (QED) is 0.811. The van der Waals surface area contributed by atoms with Crippen molar-refractivity contribution in [2.75, 3.05) is 18.0 Å². The highest BCUT2D eigenvalue weighted by Crippen LogP contribution is 2.31. The maximum Gasteiger partial charge on any atom is 0.234 e. The average molecular weight is 261 g/mol. The number of hydrogen-bond acceptors (Lipinski definition) is 3. The molecule has 2 unspecified atom stereocenters. The molecule has 1 aromatic rings. The first-order chi connectivity index (χ1) is 9.13. The van der Waals surface area contributed by atoms with Crippen molar-refractivity contribution in [3.8, 4) is 0 Å². The van der Waals surface area contributed by atoms with Gasteiger partial charge in [-0.25, -0.2) is 0 Å². The van der Waals surface area contributed by atoms with E-state index in [1.165, 1.54) is 11.3 Å². The van der Waals surface area contributed by atoms with Gasteiger partial charge in [-0.05, 0) is 37.9 Å². The average Bonchev–Trinajstić information content (AvgIpc) is 2.70. The zero-order valence-electron chi connectivity index (χ0n) is 11.7. The lowest BCUT2D eigenvalue weighted by Crippen LogP contribution is -2.44. The van der Waals surface area contributed by atoms with Crippen LogP contribution >= 0.6 is 0 Å². The fourth-order valence-electron chi connectivity index (χ4n) is 2.83. The highest BCUT2D eigenvalue weighted by Gasteiger charge is 2.26. The molecule has 1 heterocycles. The summed E-state index contributed by atoms with van der Waals surface area (Å²) in [4.78, 5) is 13.7. The summed E-state index contributed by atoms with van der Waals surface area (Å²) in [6, 6.07) is 8.75. The number of likely N-dealkylation sites (N-methyl/N-ethyl adjacent to an activating group) is 1. The molecule has 0 radical (unpaired) electrons. The van der Waals surface area contributed by atoms with E-state index < -0.39 is 0 Å². The number of benzene rings is 1. The van der Waals surface area contributed by atoms with Crippen molar-refractivity contribution in [2.45, 2.75) is 38.8 Å². The van der Waals surface area contributed by atoms with E-state index in [1.807, 2.05) is 6.92 Å². The maximum absolute atomic E-state index is 11.4. The van der Waals surface area contributed by atoms with Gasteiger partial charge in [0.25, 0.3) is 0 Å². The first kappa shape index (κ1) is 13.9.